The van der Waals surface area contributed by atoms with Gasteiger partial charge in [-0.2, -0.15) is 0 Å². The lowest BCUT2D eigenvalue weighted by atomic mass is 9.43. The van der Waals surface area contributed by atoms with Gasteiger partial charge in [0.05, 0.1) is 17.3 Å². The molecule has 0 amide bonds. The topological polar surface area (TPSA) is 69.9 Å². The van der Waals surface area contributed by atoms with E-state index in [4.69, 9.17) is 4.74 Å². The summed E-state index contributed by atoms with van der Waals surface area (Å²) in [5.41, 5.74) is -0.677. The van der Waals surface area contributed by atoms with Gasteiger partial charge in [0, 0.05) is 12.8 Å². The molecule has 4 saturated carbocycles. The molecular formula is C22H36O4. The van der Waals surface area contributed by atoms with E-state index in [9.17, 15) is 15.3 Å². The fraction of sp³-hybridized carbons (Fsp3) is 1.00. The summed E-state index contributed by atoms with van der Waals surface area (Å²) in [6, 6.07) is 0. The van der Waals surface area contributed by atoms with E-state index in [0.717, 1.165) is 57.8 Å². The maximum absolute atomic E-state index is 11.5. The monoisotopic (exact) mass is 364 g/mol. The number of hydrogen-bond acceptors (Lipinski definition) is 4. The molecule has 5 aliphatic rings. The van der Waals surface area contributed by atoms with E-state index in [1.54, 1.807) is 0 Å². The fourth-order valence-electron chi connectivity index (χ4n) is 8.66. The summed E-state index contributed by atoms with van der Waals surface area (Å²) in [5, 5.41) is 31.7. The van der Waals surface area contributed by atoms with Gasteiger partial charge in [-0.05, 0) is 86.4 Å². The standard InChI is InChI=1S/C22H36O4/c1-19-8-3-14(23)13-21(19,25)10-4-15-16(19)5-9-20(2)17(15)6-11-22(20)12-7-18(24)26-22/h14-18,23-25H,3-13H2,1-2H3/t14?,15-,16+,17+,18?,19-,20+,21+,22-/m1/s1. The van der Waals surface area contributed by atoms with Crippen molar-refractivity contribution in [1.82, 2.24) is 0 Å². The molecule has 4 heteroatoms. The molecule has 1 spiro atoms. The summed E-state index contributed by atoms with van der Waals surface area (Å²) in [6.45, 7) is 4.76. The summed E-state index contributed by atoms with van der Waals surface area (Å²) in [7, 11) is 0. The zero-order chi connectivity index (χ0) is 18.4. The molecule has 3 N–H and O–H groups in total. The SMILES string of the molecule is C[C@]12CC[C@H]3[C@@H](CC[C@]4(O)CC(O)CC[C@]34C)[C@@H]1CC[C@@]21CCC(O)O1. The van der Waals surface area contributed by atoms with Crippen molar-refractivity contribution < 1.29 is 20.1 Å². The van der Waals surface area contributed by atoms with Crippen LogP contribution in [0, 0.1) is 28.6 Å². The Hall–Kier alpha value is -0.160. The third-order valence-corrected chi connectivity index (χ3v) is 10.2. The van der Waals surface area contributed by atoms with E-state index >= 15 is 0 Å². The van der Waals surface area contributed by atoms with E-state index in [1.165, 1.54) is 6.42 Å². The van der Waals surface area contributed by atoms with Gasteiger partial charge in [-0.25, -0.2) is 0 Å². The van der Waals surface area contributed by atoms with Gasteiger partial charge >= 0.3 is 0 Å². The van der Waals surface area contributed by atoms with Crippen LogP contribution in [-0.4, -0.2) is 38.9 Å². The molecule has 148 valence electrons. The summed E-state index contributed by atoms with van der Waals surface area (Å²) in [6.07, 6.45) is 9.78. The highest BCUT2D eigenvalue weighted by atomic mass is 16.6. The predicted octanol–water partition coefficient (Wildman–Crippen LogP) is 3.37. The molecular weight excluding hydrogens is 328 g/mol. The molecule has 0 aromatic heterocycles. The van der Waals surface area contributed by atoms with E-state index < -0.39 is 11.9 Å². The number of aliphatic hydroxyl groups excluding tert-OH is 2. The van der Waals surface area contributed by atoms with Crippen LogP contribution in [0.4, 0.5) is 0 Å². The van der Waals surface area contributed by atoms with Gasteiger partial charge in [-0.15, -0.1) is 0 Å². The van der Waals surface area contributed by atoms with Crippen molar-refractivity contribution in [2.24, 2.45) is 28.6 Å². The van der Waals surface area contributed by atoms with Gasteiger partial charge in [0.25, 0.3) is 0 Å². The van der Waals surface area contributed by atoms with Gasteiger partial charge in [0.15, 0.2) is 6.29 Å². The minimum absolute atomic E-state index is 0.0533. The van der Waals surface area contributed by atoms with Crippen molar-refractivity contribution in [1.29, 1.82) is 0 Å². The molecule has 5 rings (SSSR count). The second-order valence-corrected chi connectivity index (χ2v) is 10.9. The van der Waals surface area contributed by atoms with Crippen molar-refractivity contribution in [2.75, 3.05) is 0 Å². The lowest BCUT2D eigenvalue weighted by molar-refractivity contribution is -0.236. The quantitative estimate of drug-likeness (QED) is 0.616. The maximum Gasteiger partial charge on any atom is 0.155 e. The third kappa shape index (κ3) is 2.05. The molecule has 26 heavy (non-hydrogen) atoms. The van der Waals surface area contributed by atoms with Gasteiger partial charge < -0.3 is 20.1 Å². The third-order valence-electron chi connectivity index (χ3n) is 10.2. The van der Waals surface area contributed by atoms with Crippen LogP contribution in [0.5, 0.6) is 0 Å². The number of ether oxygens (including phenoxy) is 1. The number of rotatable bonds is 0. The molecule has 4 aliphatic carbocycles. The molecule has 1 heterocycles. The molecule has 0 bridgehead atoms. The zero-order valence-electron chi connectivity index (χ0n) is 16.4. The average molecular weight is 365 g/mol. The van der Waals surface area contributed by atoms with E-state index in [-0.39, 0.29) is 22.5 Å². The van der Waals surface area contributed by atoms with Gasteiger partial charge in [-0.1, -0.05) is 13.8 Å². The van der Waals surface area contributed by atoms with Gasteiger partial charge in [0.2, 0.25) is 0 Å². The summed E-state index contributed by atoms with van der Waals surface area (Å²) < 4.78 is 6.20. The Bertz CT molecular complexity index is 595. The molecule has 5 fully saturated rings. The lowest BCUT2D eigenvalue weighted by Gasteiger charge is -2.64. The van der Waals surface area contributed by atoms with Crippen LogP contribution in [-0.2, 0) is 4.74 Å². The van der Waals surface area contributed by atoms with Crippen LogP contribution >= 0.6 is 0 Å². The van der Waals surface area contributed by atoms with Crippen molar-refractivity contribution in [3.8, 4) is 0 Å². The van der Waals surface area contributed by atoms with Crippen molar-refractivity contribution >= 4 is 0 Å². The zero-order valence-corrected chi connectivity index (χ0v) is 16.4. The Labute approximate surface area is 157 Å². The highest BCUT2D eigenvalue weighted by Crippen LogP contribution is 2.71. The van der Waals surface area contributed by atoms with Crippen molar-refractivity contribution in [2.45, 2.75) is 108 Å². The Morgan fingerprint density at radius 3 is 2.15 bits per heavy atom. The van der Waals surface area contributed by atoms with E-state index in [2.05, 4.69) is 13.8 Å². The Kier molecular flexibility index (Phi) is 3.76. The van der Waals surface area contributed by atoms with Crippen molar-refractivity contribution in [3.05, 3.63) is 0 Å². The second-order valence-electron chi connectivity index (χ2n) is 10.9. The minimum atomic E-state index is -0.685. The molecule has 0 aromatic rings. The molecule has 0 radical (unpaired) electrons. The van der Waals surface area contributed by atoms with Crippen LogP contribution in [0.2, 0.25) is 0 Å². The Morgan fingerprint density at radius 2 is 1.42 bits per heavy atom. The minimum Gasteiger partial charge on any atom is -0.393 e. The first-order chi connectivity index (χ1) is 12.2. The smallest absolute Gasteiger partial charge is 0.155 e. The Balaban J connectivity index is 1.46. The predicted molar refractivity (Wildman–Crippen MR) is 98.3 cm³/mol. The van der Waals surface area contributed by atoms with E-state index in [1.807, 2.05) is 0 Å². The number of hydrogen-bond donors (Lipinski definition) is 3. The molecule has 1 saturated heterocycles. The summed E-state index contributed by atoms with van der Waals surface area (Å²) in [4.78, 5) is 0. The maximum atomic E-state index is 11.5. The van der Waals surface area contributed by atoms with E-state index in [0.29, 0.717) is 24.2 Å². The molecule has 4 nitrogen and oxygen atoms in total. The molecule has 1 aliphatic heterocycles. The summed E-state index contributed by atoms with van der Waals surface area (Å²) in [5.74, 6) is 1.88. The first kappa shape index (κ1) is 17.9. The van der Waals surface area contributed by atoms with Crippen LogP contribution in [0.3, 0.4) is 0 Å². The number of aliphatic hydroxyl groups is 3. The molecule has 2 unspecified atom stereocenters. The van der Waals surface area contributed by atoms with Gasteiger partial charge in [-0.3, -0.25) is 0 Å². The largest absolute Gasteiger partial charge is 0.393 e. The first-order valence-electron chi connectivity index (χ1n) is 11.0. The second kappa shape index (κ2) is 5.46. The van der Waals surface area contributed by atoms with Crippen LogP contribution in [0.15, 0.2) is 0 Å². The highest BCUT2D eigenvalue weighted by Gasteiger charge is 2.68. The molecule has 9 atom stereocenters. The fourth-order valence-corrected chi connectivity index (χ4v) is 8.66. The van der Waals surface area contributed by atoms with Crippen molar-refractivity contribution in [3.63, 3.8) is 0 Å². The molecule has 0 aromatic carbocycles. The lowest BCUT2D eigenvalue weighted by Crippen LogP contribution is -2.63. The highest BCUT2D eigenvalue weighted by molar-refractivity contribution is 5.18. The average Bonchev–Trinajstić information content (AvgIpc) is 3.10. The normalized spacial score (nSPS) is 62.0. The van der Waals surface area contributed by atoms with Crippen LogP contribution < -0.4 is 0 Å². The first-order valence-corrected chi connectivity index (χ1v) is 11.0. The van der Waals surface area contributed by atoms with Crippen LogP contribution in [0.25, 0.3) is 0 Å². The Morgan fingerprint density at radius 1 is 0.769 bits per heavy atom. The summed E-state index contributed by atoms with van der Waals surface area (Å²) >= 11 is 0. The van der Waals surface area contributed by atoms with Crippen LogP contribution in [0.1, 0.15) is 84.5 Å². The van der Waals surface area contributed by atoms with Gasteiger partial charge in [0.1, 0.15) is 0 Å². The number of fused-ring (bicyclic) bond motifs is 6.